The van der Waals surface area contributed by atoms with Gasteiger partial charge in [0.05, 0.1) is 5.69 Å². The van der Waals surface area contributed by atoms with Crippen LogP contribution in [-0.4, -0.2) is 33.2 Å². The van der Waals surface area contributed by atoms with Crippen LogP contribution in [0.5, 0.6) is 0 Å². The molecule has 1 aliphatic heterocycles. The Bertz CT molecular complexity index is 950. The Morgan fingerprint density at radius 1 is 1.03 bits per heavy atom. The number of amides is 1. The van der Waals surface area contributed by atoms with E-state index in [4.69, 9.17) is 0 Å². The number of aromatic nitrogens is 2. The summed E-state index contributed by atoms with van der Waals surface area (Å²) in [5.74, 6) is -0.152. The molecule has 3 aromatic rings. The second-order valence-corrected chi connectivity index (χ2v) is 7.75. The van der Waals surface area contributed by atoms with Gasteiger partial charge in [0.15, 0.2) is 5.69 Å². The van der Waals surface area contributed by atoms with Crippen LogP contribution < -0.4 is 5.32 Å². The number of carbonyl (C=O) groups excluding carboxylic acids is 1. The van der Waals surface area contributed by atoms with Crippen molar-refractivity contribution in [1.29, 1.82) is 0 Å². The second-order valence-electron chi connectivity index (χ2n) is 7.75. The molecule has 2 aromatic carbocycles. The Hall–Kier alpha value is -2.92. The zero-order chi connectivity index (χ0) is 20.1. The lowest BCUT2D eigenvalue weighted by molar-refractivity contribution is 0.0945. The van der Waals surface area contributed by atoms with Gasteiger partial charge in [-0.3, -0.25) is 9.69 Å². The van der Waals surface area contributed by atoms with Crippen molar-refractivity contribution >= 4 is 5.91 Å². The number of hydrogen-bond acceptors (Lipinski definition) is 3. The van der Waals surface area contributed by atoms with Crippen molar-refractivity contribution in [3.8, 4) is 5.69 Å². The number of para-hydroxylation sites is 1. The predicted octanol–water partition coefficient (Wildman–Crippen LogP) is 4.18. The number of likely N-dealkylation sites (tertiary alicyclic amines) is 1. The summed E-state index contributed by atoms with van der Waals surface area (Å²) in [6.07, 6.45) is 5.68. The van der Waals surface area contributed by atoms with Gasteiger partial charge in [-0.1, -0.05) is 48.9 Å². The maximum Gasteiger partial charge on any atom is 0.272 e. The topological polar surface area (TPSA) is 50.2 Å². The summed E-state index contributed by atoms with van der Waals surface area (Å²) in [7, 11) is 0. The van der Waals surface area contributed by atoms with E-state index in [0.717, 1.165) is 18.8 Å². The third-order valence-electron chi connectivity index (χ3n) is 5.71. The summed E-state index contributed by atoms with van der Waals surface area (Å²) in [5, 5.41) is 7.45. The van der Waals surface area contributed by atoms with Gasteiger partial charge >= 0.3 is 0 Å². The number of carbonyl (C=O) groups is 1. The van der Waals surface area contributed by atoms with E-state index >= 15 is 0 Å². The number of benzene rings is 2. The molecule has 150 valence electrons. The van der Waals surface area contributed by atoms with Crippen LogP contribution in [0.25, 0.3) is 5.69 Å². The van der Waals surface area contributed by atoms with Crippen molar-refractivity contribution in [2.24, 2.45) is 0 Å². The number of hydrogen-bond donors (Lipinski definition) is 1. The molecule has 0 bridgehead atoms. The SMILES string of the molecule is CC1CCCCN1Cc1ccccc1CNC(=O)c1ccn(-c2ccccc2)n1. The molecule has 1 atom stereocenters. The van der Waals surface area contributed by atoms with Crippen molar-refractivity contribution < 1.29 is 4.79 Å². The van der Waals surface area contributed by atoms with Gasteiger partial charge in [0, 0.05) is 25.3 Å². The molecule has 1 saturated heterocycles. The lowest BCUT2D eigenvalue weighted by atomic mass is 10.0. The van der Waals surface area contributed by atoms with Crippen LogP contribution in [0, 0.1) is 0 Å². The molecule has 0 spiro atoms. The van der Waals surface area contributed by atoms with E-state index in [1.807, 2.05) is 42.6 Å². The molecule has 1 aromatic heterocycles. The molecule has 4 rings (SSSR count). The zero-order valence-corrected chi connectivity index (χ0v) is 16.9. The Morgan fingerprint density at radius 2 is 1.79 bits per heavy atom. The summed E-state index contributed by atoms with van der Waals surface area (Å²) in [6, 6.07) is 20.6. The monoisotopic (exact) mass is 388 g/mol. The maximum absolute atomic E-state index is 12.6. The van der Waals surface area contributed by atoms with E-state index in [-0.39, 0.29) is 5.91 Å². The van der Waals surface area contributed by atoms with E-state index in [1.165, 1.54) is 30.4 Å². The van der Waals surface area contributed by atoms with Crippen LogP contribution >= 0.6 is 0 Å². The van der Waals surface area contributed by atoms with Crippen molar-refractivity contribution in [2.45, 2.75) is 45.3 Å². The summed E-state index contributed by atoms with van der Waals surface area (Å²) in [6.45, 7) is 4.91. The summed E-state index contributed by atoms with van der Waals surface area (Å²) < 4.78 is 1.72. The highest BCUT2D eigenvalue weighted by molar-refractivity contribution is 5.92. The highest BCUT2D eigenvalue weighted by atomic mass is 16.1. The summed E-state index contributed by atoms with van der Waals surface area (Å²) in [5.41, 5.74) is 3.82. The average molecular weight is 389 g/mol. The summed E-state index contributed by atoms with van der Waals surface area (Å²) >= 11 is 0. The first-order valence-corrected chi connectivity index (χ1v) is 10.4. The van der Waals surface area contributed by atoms with Gasteiger partial charge in [-0.2, -0.15) is 5.10 Å². The highest BCUT2D eigenvalue weighted by Gasteiger charge is 2.19. The Kier molecular flexibility index (Phi) is 6.06. The molecule has 0 radical (unpaired) electrons. The minimum absolute atomic E-state index is 0.152. The van der Waals surface area contributed by atoms with Gasteiger partial charge in [0.25, 0.3) is 5.91 Å². The Labute approximate surface area is 172 Å². The number of nitrogens with zero attached hydrogens (tertiary/aromatic N) is 3. The third-order valence-corrected chi connectivity index (χ3v) is 5.71. The van der Waals surface area contributed by atoms with Crippen LogP contribution in [-0.2, 0) is 13.1 Å². The molecule has 1 unspecified atom stereocenters. The maximum atomic E-state index is 12.6. The third kappa shape index (κ3) is 4.74. The smallest absolute Gasteiger partial charge is 0.272 e. The first-order valence-electron chi connectivity index (χ1n) is 10.4. The standard InChI is InChI=1S/C24H28N4O/c1-19-9-7-8-15-27(19)18-21-11-6-5-10-20(21)17-25-24(29)23-14-16-28(26-23)22-12-3-2-4-13-22/h2-6,10-14,16,19H,7-9,15,17-18H2,1H3,(H,25,29). The number of nitrogens with one attached hydrogen (secondary N) is 1. The van der Waals surface area contributed by atoms with Crippen molar-refractivity contribution in [1.82, 2.24) is 20.0 Å². The van der Waals surface area contributed by atoms with Crippen LogP contribution in [0.3, 0.4) is 0 Å². The number of piperidine rings is 1. The van der Waals surface area contributed by atoms with E-state index in [0.29, 0.717) is 18.3 Å². The molecule has 0 saturated carbocycles. The molecule has 2 heterocycles. The average Bonchev–Trinajstić information content (AvgIpc) is 3.26. The number of rotatable bonds is 6. The van der Waals surface area contributed by atoms with Crippen LogP contribution in [0.15, 0.2) is 66.9 Å². The Morgan fingerprint density at radius 3 is 2.59 bits per heavy atom. The van der Waals surface area contributed by atoms with Gasteiger partial charge in [-0.25, -0.2) is 4.68 Å². The predicted molar refractivity (Wildman–Crippen MR) is 115 cm³/mol. The first kappa shape index (κ1) is 19.4. The van der Waals surface area contributed by atoms with E-state index < -0.39 is 0 Å². The van der Waals surface area contributed by atoms with Gasteiger partial charge in [-0.05, 0) is 55.6 Å². The van der Waals surface area contributed by atoms with Crippen LogP contribution in [0.1, 0.15) is 47.8 Å². The zero-order valence-electron chi connectivity index (χ0n) is 16.9. The lowest BCUT2D eigenvalue weighted by Crippen LogP contribution is -2.37. The molecular formula is C24H28N4O. The van der Waals surface area contributed by atoms with E-state index in [1.54, 1.807) is 10.7 Å². The fourth-order valence-electron chi connectivity index (χ4n) is 3.93. The van der Waals surface area contributed by atoms with Crippen LogP contribution in [0.4, 0.5) is 0 Å². The largest absolute Gasteiger partial charge is 0.347 e. The molecule has 1 aliphatic rings. The van der Waals surface area contributed by atoms with Crippen molar-refractivity contribution in [2.75, 3.05) is 6.54 Å². The fraction of sp³-hybridized carbons (Fsp3) is 0.333. The Balaban J connectivity index is 1.40. The van der Waals surface area contributed by atoms with E-state index in [9.17, 15) is 4.79 Å². The molecule has 5 heteroatoms. The van der Waals surface area contributed by atoms with Crippen molar-refractivity contribution in [3.05, 3.63) is 83.7 Å². The molecule has 1 N–H and O–H groups in total. The molecule has 29 heavy (non-hydrogen) atoms. The van der Waals surface area contributed by atoms with Crippen LogP contribution in [0.2, 0.25) is 0 Å². The first-order chi connectivity index (χ1) is 14.2. The lowest BCUT2D eigenvalue weighted by Gasteiger charge is -2.33. The normalized spacial score (nSPS) is 17.2. The molecule has 5 nitrogen and oxygen atoms in total. The minimum Gasteiger partial charge on any atom is -0.347 e. The molecule has 0 aliphatic carbocycles. The molecule has 1 fully saturated rings. The van der Waals surface area contributed by atoms with Gasteiger partial charge < -0.3 is 5.32 Å². The molecular weight excluding hydrogens is 360 g/mol. The van der Waals surface area contributed by atoms with E-state index in [2.05, 4.69) is 40.4 Å². The van der Waals surface area contributed by atoms with Gasteiger partial charge in [-0.15, -0.1) is 0 Å². The highest BCUT2D eigenvalue weighted by Crippen LogP contribution is 2.21. The van der Waals surface area contributed by atoms with Gasteiger partial charge in [0.1, 0.15) is 0 Å². The second kappa shape index (κ2) is 9.05. The summed E-state index contributed by atoms with van der Waals surface area (Å²) in [4.78, 5) is 15.2. The molecule has 1 amide bonds. The fourth-order valence-corrected chi connectivity index (χ4v) is 3.93. The quantitative estimate of drug-likeness (QED) is 0.689. The van der Waals surface area contributed by atoms with Gasteiger partial charge in [0.2, 0.25) is 0 Å². The van der Waals surface area contributed by atoms with Crippen molar-refractivity contribution in [3.63, 3.8) is 0 Å². The minimum atomic E-state index is -0.152.